The average molecular weight is 338 g/mol. The minimum atomic E-state index is -0.199. The Morgan fingerprint density at radius 2 is 1.76 bits per heavy atom. The van der Waals surface area contributed by atoms with E-state index in [1.54, 1.807) is 6.07 Å². The monoisotopic (exact) mass is 338 g/mol. The lowest BCUT2D eigenvalue weighted by Gasteiger charge is -2.20. The van der Waals surface area contributed by atoms with Gasteiger partial charge in [0.2, 0.25) is 0 Å². The molecule has 0 bridgehead atoms. The molecule has 5 heteroatoms. The third-order valence-electron chi connectivity index (χ3n) is 4.90. The van der Waals surface area contributed by atoms with E-state index in [4.69, 9.17) is 9.47 Å². The van der Waals surface area contributed by atoms with Crippen LogP contribution in [-0.2, 0) is 5.41 Å². The number of urea groups is 1. The van der Waals surface area contributed by atoms with Gasteiger partial charge in [-0.15, -0.1) is 0 Å². The molecule has 2 aliphatic rings. The largest absolute Gasteiger partial charge is 0.486 e. The topological polar surface area (TPSA) is 59.6 Å². The Balaban J connectivity index is 1.36. The summed E-state index contributed by atoms with van der Waals surface area (Å²) >= 11 is 0. The molecular formula is C20H22N2O3. The van der Waals surface area contributed by atoms with Crippen LogP contribution in [0.4, 0.5) is 10.5 Å². The number of fused-ring (bicyclic) bond motifs is 1. The van der Waals surface area contributed by atoms with Gasteiger partial charge in [-0.2, -0.15) is 0 Å². The summed E-state index contributed by atoms with van der Waals surface area (Å²) in [5.41, 5.74) is 3.35. The zero-order valence-electron chi connectivity index (χ0n) is 14.3. The first kappa shape index (κ1) is 15.8. The van der Waals surface area contributed by atoms with E-state index in [-0.39, 0.29) is 11.4 Å². The van der Waals surface area contributed by atoms with Gasteiger partial charge in [-0.05, 0) is 37.5 Å². The van der Waals surface area contributed by atoms with Crippen molar-refractivity contribution in [1.82, 2.24) is 5.32 Å². The molecule has 1 aliphatic carbocycles. The summed E-state index contributed by atoms with van der Waals surface area (Å²) in [6.45, 7) is 3.82. The first-order chi connectivity index (χ1) is 12.1. The van der Waals surface area contributed by atoms with E-state index >= 15 is 0 Å². The average Bonchev–Trinajstić information content (AvgIpc) is 3.42. The number of hydrogen-bond donors (Lipinski definition) is 2. The molecule has 0 aromatic heterocycles. The Morgan fingerprint density at radius 1 is 1.04 bits per heavy atom. The summed E-state index contributed by atoms with van der Waals surface area (Å²) in [6.07, 6.45) is 2.22. The minimum absolute atomic E-state index is 0.0951. The molecule has 0 unspecified atom stereocenters. The van der Waals surface area contributed by atoms with Gasteiger partial charge >= 0.3 is 6.03 Å². The van der Waals surface area contributed by atoms with Crippen LogP contribution in [0.25, 0.3) is 0 Å². The van der Waals surface area contributed by atoms with Gasteiger partial charge in [0.15, 0.2) is 11.5 Å². The molecule has 2 amide bonds. The molecule has 2 aromatic rings. The van der Waals surface area contributed by atoms with Crippen molar-refractivity contribution in [3.8, 4) is 11.5 Å². The summed E-state index contributed by atoms with van der Waals surface area (Å²) in [5, 5.41) is 5.87. The molecule has 2 N–H and O–H groups in total. The smallest absolute Gasteiger partial charge is 0.319 e. The maximum absolute atomic E-state index is 12.2. The van der Waals surface area contributed by atoms with Crippen molar-refractivity contribution in [3.63, 3.8) is 0 Å². The zero-order chi connectivity index (χ0) is 17.3. The molecule has 0 radical (unpaired) electrons. The third-order valence-corrected chi connectivity index (χ3v) is 4.90. The number of carbonyl (C=O) groups excluding carboxylic acids is 1. The minimum Gasteiger partial charge on any atom is -0.486 e. The number of ether oxygens (including phenoxy) is 2. The molecule has 0 atom stereocenters. The molecule has 1 fully saturated rings. The molecule has 2 aromatic carbocycles. The van der Waals surface area contributed by atoms with Crippen LogP contribution in [0.3, 0.4) is 0 Å². The molecule has 25 heavy (non-hydrogen) atoms. The van der Waals surface area contributed by atoms with Crippen molar-refractivity contribution >= 4 is 11.7 Å². The van der Waals surface area contributed by atoms with Gasteiger partial charge in [-0.1, -0.05) is 29.8 Å². The van der Waals surface area contributed by atoms with Gasteiger partial charge in [-0.3, -0.25) is 0 Å². The molecule has 5 nitrogen and oxygen atoms in total. The van der Waals surface area contributed by atoms with Crippen molar-refractivity contribution in [3.05, 3.63) is 53.6 Å². The van der Waals surface area contributed by atoms with Gasteiger partial charge in [0.1, 0.15) is 13.2 Å². The van der Waals surface area contributed by atoms with E-state index in [0.717, 1.165) is 12.8 Å². The molecule has 0 saturated heterocycles. The van der Waals surface area contributed by atoms with Gasteiger partial charge < -0.3 is 20.1 Å². The lowest BCUT2D eigenvalue weighted by molar-refractivity contribution is 0.171. The van der Waals surface area contributed by atoms with Gasteiger partial charge in [0.05, 0.1) is 0 Å². The van der Waals surface area contributed by atoms with Crippen LogP contribution in [0, 0.1) is 6.92 Å². The fourth-order valence-corrected chi connectivity index (χ4v) is 3.17. The van der Waals surface area contributed by atoms with Crippen LogP contribution < -0.4 is 20.1 Å². The van der Waals surface area contributed by atoms with E-state index in [9.17, 15) is 4.79 Å². The number of amides is 2. The molecule has 0 spiro atoms. The highest BCUT2D eigenvalue weighted by Gasteiger charge is 2.44. The Morgan fingerprint density at radius 3 is 2.48 bits per heavy atom. The van der Waals surface area contributed by atoms with E-state index in [0.29, 0.717) is 36.9 Å². The number of rotatable bonds is 4. The quantitative estimate of drug-likeness (QED) is 0.895. The lowest BCUT2D eigenvalue weighted by atomic mass is 9.95. The van der Waals surface area contributed by atoms with Crippen LogP contribution in [0.2, 0.25) is 0 Å². The zero-order valence-corrected chi connectivity index (χ0v) is 14.3. The van der Waals surface area contributed by atoms with Crippen LogP contribution >= 0.6 is 0 Å². The Labute approximate surface area is 147 Å². The fourth-order valence-electron chi connectivity index (χ4n) is 3.17. The van der Waals surface area contributed by atoms with Gasteiger partial charge in [-0.25, -0.2) is 4.79 Å². The van der Waals surface area contributed by atoms with Gasteiger partial charge in [0.25, 0.3) is 0 Å². The molecule has 1 aliphatic heterocycles. The highest BCUT2D eigenvalue weighted by molar-refractivity contribution is 5.89. The second-order valence-electron chi connectivity index (χ2n) is 6.81. The molecule has 4 rings (SSSR count). The number of aryl methyl sites for hydroxylation is 1. The van der Waals surface area contributed by atoms with E-state index in [1.807, 2.05) is 12.1 Å². The maximum Gasteiger partial charge on any atom is 0.319 e. The van der Waals surface area contributed by atoms with E-state index in [2.05, 4.69) is 41.8 Å². The number of nitrogens with one attached hydrogen (secondary N) is 2. The van der Waals surface area contributed by atoms with Crippen molar-refractivity contribution < 1.29 is 14.3 Å². The second kappa shape index (κ2) is 6.31. The Hall–Kier alpha value is -2.69. The van der Waals surface area contributed by atoms with E-state index < -0.39 is 0 Å². The molecular weight excluding hydrogens is 316 g/mol. The highest BCUT2D eigenvalue weighted by atomic mass is 16.6. The SMILES string of the molecule is Cc1ccc(C2(CNC(=O)Nc3ccc4c(c3)OCCO4)CC2)cc1. The number of carbonyl (C=O) groups is 1. The summed E-state index contributed by atoms with van der Waals surface area (Å²) < 4.78 is 11.0. The molecule has 1 heterocycles. The third kappa shape index (κ3) is 3.40. The van der Waals surface area contributed by atoms with Crippen LogP contribution in [-0.4, -0.2) is 25.8 Å². The first-order valence-electron chi connectivity index (χ1n) is 8.66. The normalized spacial score (nSPS) is 16.8. The van der Waals surface area contributed by atoms with Gasteiger partial charge in [0, 0.05) is 23.7 Å². The second-order valence-corrected chi connectivity index (χ2v) is 6.81. The number of hydrogen-bond acceptors (Lipinski definition) is 3. The predicted molar refractivity (Wildman–Crippen MR) is 96.5 cm³/mol. The Kier molecular flexibility index (Phi) is 3.99. The Bertz CT molecular complexity index is 782. The van der Waals surface area contributed by atoms with Crippen molar-refractivity contribution in [2.24, 2.45) is 0 Å². The predicted octanol–water partition coefficient (Wildman–Crippen LogP) is 3.62. The maximum atomic E-state index is 12.2. The first-order valence-corrected chi connectivity index (χ1v) is 8.66. The standard InChI is InChI=1S/C20H22N2O3/c1-14-2-4-15(5-3-14)20(8-9-20)13-21-19(23)22-16-6-7-17-18(12-16)25-11-10-24-17/h2-7,12H,8-11,13H2,1H3,(H2,21,22,23). The summed E-state index contributed by atoms with van der Waals surface area (Å²) in [5.74, 6) is 1.39. The summed E-state index contributed by atoms with van der Waals surface area (Å²) in [4.78, 5) is 12.2. The summed E-state index contributed by atoms with van der Waals surface area (Å²) in [7, 11) is 0. The van der Waals surface area contributed by atoms with Crippen molar-refractivity contribution in [2.75, 3.05) is 25.1 Å². The molecule has 1 saturated carbocycles. The lowest BCUT2D eigenvalue weighted by Crippen LogP contribution is -2.35. The number of anilines is 1. The van der Waals surface area contributed by atoms with Crippen LogP contribution in [0.1, 0.15) is 24.0 Å². The highest BCUT2D eigenvalue weighted by Crippen LogP contribution is 2.47. The fraction of sp³-hybridized carbons (Fsp3) is 0.350. The molecule has 130 valence electrons. The van der Waals surface area contributed by atoms with Crippen LogP contribution in [0.5, 0.6) is 11.5 Å². The number of benzene rings is 2. The van der Waals surface area contributed by atoms with Crippen molar-refractivity contribution in [2.45, 2.75) is 25.2 Å². The summed E-state index contributed by atoms with van der Waals surface area (Å²) in [6, 6.07) is 13.8. The van der Waals surface area contributed by atoms with Crippen LogP contribution in [0.15, 0.2) is 42.5 Å². The van der Waals surface area contributed by atoms with E-state index in [1.165, 1.54) is 11.1 Å². The van der Waals surface area contributed by atoms with Crippen molar-refractivity contribution in [1.29, 1.82) is 0 Å².